The highest BCUT2D eigenvalue weighted by Gasteiger charge is 2.35. The number of nitriles is 1. The highest BCUT2D eigenvalue weighted by molar-refractivity contribution is 5.47. The number of hydrogen-bond acceptors (Lipinski definition) is 5. The third-order valence-corrected chi connectivity index (χ3v) is 5.45. The lowest BCUT2D eigenvalue weighted by molar-refractivity contribution is 0.284. The molecule has 1 N–H and O–H groups in total. The molecule has 2 aliphatic rings. The Morgan fingerprint density at radius 3 is 2.21 bits per heavy atom. The van der Waals surface area contributed by atoms with Crippen molar-refractivity contribution in [3.05, 3.63) is 89.3 Å². The zero-order chi connectivity index (χ0) is 19.2. The van der Waals surface area contributed by atoms with Crippen molar-refractivity contribution >= 4 is 5.69 Å². The molecular formula is C23H22N4O. The van der Waals surface area contributed by atoms with E-state index in [0.717, 1.165) is 37.3 Å². The molecule has 2 aliphatic heterocycles. The summed E-state index contributed by atoms with van der Waals surface area (Å²) in [4.78, 5) is 0. The zero-order valence-electron chi connectivity index (χ0n) is 15.6. The van der Waals surface area contributed by atoms with Crippen molar-refractivity contribution in [1.82, 2.24) is 5.32 Å². The normalized spacial score (nSPS) is 18.3. The van der Waals surface area contributed by atoms with Gasteiger partial charge >= 0.3 is 0 Å². The predicted molar refractivity (Wildman–Crippen MR) is 108 cm³/mol. The second-order valence-corrected chi connectivity index (χ2v) is 7.03. The second kappa shape index (κ2) is 8.20. The van der Waals surface area contributed by atoms with Gasteiger partial charge in [-0.1, -0.05) is 24.3 Å². The zero-order valence-corrected chi connectivity index (χ0v) is 15.6. The lowest BCUT2D eigenvalue weighted by atomic mass is 9.68. The topological polar surface area (TPSA) is 69.8 Å². The van der Waals surface area contributed by atoms with Crippen molar-refractivity contribution in [2.24, 2.45) is 10.2 Å². The quantitative estimate of drug-likeness (QED) is 0.790. The number of benzene rings is 2. The first kappa shape index (κ1) is 18.1. The molecular weight excluding hydrogens is 348 g/mol. The largest absolute Gasteiger partial charge is 0.497 e. The number of nitrogens with one attached hydrogen (secondary N) is 1. The molecule has 2 aromatic rings. The van der Waals surface area contributed by atoms with Crippen LogP contribution in [0.25, 0.3) is 0 Å². The molecule has 2 aromatic carbocycles. The van der Waals surface area contributed by atoms with Gasteiger partial charge in [0.2, 0.25) is 0 Å². The molecule has 0 aliphatic carbocycles. The molecule has 0 bridgehead atoms. The maximum atomic E-state index is 9.10. The van der Waals surface area contributed by atoms with E-state index in [9.17, 15) is 0 Å². The molecule has 1 fully saturated rings. The monoisotopic (exact) mass is 370 g/mol. The third-order valence-electron chi connectivity index (χ3n) is 5.45. The number of hydrogen-bond donors (Lipinski definition) is 1. The van der Waals surface area contributed by atoms with Crippen LogP contribution in [0.2, 0.25) is 0 Å². The number of allylic oxidation sites excluding steroid dienone is 1. The minimum Gasteiger partial charge on any atom is -0.497 e. The Bertz CT molecular complexity index is 944. The number of rotatable bonds is 4. The maximum absolute atomic E-state index is 9.10. The Morgan fingerprint density at radius 2 is 1.61 bits per heavy atom. The van der Waals surface area contributed by atoms with Gasteiger partial charge in [0.05, 0.1) is 29.3 Å². The van der Waals surface area contributed by atoms with E-state index in [1.165, 1.54) is 11.1 Å². The number of piperidine rings is 1. The summed E-state index contributed by atoms with van der Waals surface area (Å²) in [7, 11) is 0. The average Bonchev–Trinajstić information content (AvgIpc) is 2.79. The first-order valence-electron chi connectivity index (χ1n) is 9.52. The fraction of sp³-hybridized carbons (Fsp3) is 0.261. The molecule has 0 saturated carbocycles. The van der Waals surface area contributed by atoms with Crippen molar-refractivity contribution < 1.29 is 4.74 Å². The molecule has 1 saturated heterocycles. The Kier molecular flexibility index (Phi) is 5.31. The minimum atomic E-state index is -0.0408. The Morgan fingerprint density at radius 1 is 0.929 bits per heavy atom. The van der Waals surface area contributed by atoms with Gasteiger partial charge in [0.1, 0.15) is 6.61 Å². The van der Waals surface area contributed by atoms with Crippen molar-refractivity contribution in [3.63, 3.8) is 0 Å². The third kappa shape index (κ3) is 3.73. The highest BCUT2D eigenvalue weighted by Crippen LogP contribution is 2.40. The SMILES string of the molecule is N#Cc1ccc(C2(c3ccc(N=NC4=CCOC=C4)cc3)CCNCC2)cc1. The summed E-state index contributed by atoms with van der Waals surface area (Å²) in [5.74, 6) is 0. The van der Waals surface area contributed by atoms with E-state index in [1.807, 2.05) is 30.3 Å². The van der Waals surface area contributed by atoms with Crippen molar-refractivity contribution in [2.45, 2.75) is 18.3 Å². The van der Waals surface area contributed by atoms with Crippen molar-refractivity contribution in [1.29, 1.82) is 5.26 Å². The lowest BCUT2D eigenvalue weighted by Gasteiger charge is -2.39. The maximum Gasteiger partial charge on any atom is 0.108 e. The van der Waals surface area contributed by atoms with Crippen LogP contribution in [0.5, 0.6) is 0 Å². The smallest absolute Gasteiger partial charge is 0.108 e. The first-order chi connectivity index (χ1) is 13.8. The Balaban J connectivity index is 1.61. The highest BCUT2D eigenvalue weighted by atomic mass is 16.5. The Labute approximate surface area is 165 Å². The fourth-order valence-corrected chi connectivity index (χ4v) is 3.87. The summed E-state index contributed by atoms with van der Waals surface area (Å²) in [6.07, 6.45) is 7.38. The molecule has 0 unspecified atom stereocenters. The molecule has 0 atom stereocenters. The van der Waals surface area contributed by atoms with Crippen LogP contribution in [0.15, 0.2) is 82.9 Å². The molecule has 2 heterocycles. The molecule has 0 amide bonds. The van der Waals surface area contributed by atoms with Crippen LogP contribution in [0.4, 0.5) is 5.69 Å². The van der Waals surface area contributed by atoms with Crippen molar-refractivity contribution in [3.8, 4) is 6.07 Å². The molecule has 5 heteroatoms. The van der Waals surface area contributed by atoms with Gasteiger partial charge in [0, 0.05) is 5.41 Å². The van der Waals surface area contributed by atoms with E-state index < -0.39 is 0 Å². The minimum absolute atomic E-state index is 0.0408. The molecule has 28 heavy (non-hydrogen) atoms. The van der Waals surface area contributed by atoms with Gasteiger partial charge < -0.3 is 10.1 Å². The van der Waals surface area contributed by atoms with Gasteiger partial charge in [0.15, 0.2) is 0 Å². The van der Waals surface area contributed by atoms with E-state index in [1.54, 1.807) is 12.3 Å². The van der Waals surface area contributed by atoms with Gasteiger partial charge in [-0.2, -0.15) is 15.5 Å². The average molecular weight is 370 g/mol. The van der Waals surface area contributed by atoms with E-state index in [2.05, 4.69) is 45.9 Å². The van der Waals surface area contributed by atoms with Crippen LogP contribution in [-0.2, 0) is 10.2 Å². The summed E-state index contributed by atoms with van der Waals surface area (Å²) in [6, 6.07) is 18.6. The van der Waals surface area contributed by atoms with Gasteiger partial charge in [-0.15, -0.1) is 0 Å². The lowest BCUT2D eigenvalue weighted by Crippen LogP contribution is -2.40. The summed E-state index contributed by atoms with van der Waals surface area (Å²) < 4.78 is 5.12. The molecule has 0 spiro atoms. The molecule has 0 aromatic heterocycles. The number of azo groups is 1. The first-order valence-corrected chi connectivity index (χ1v) is 9.52. The summed E-state index contributed by atoms with van der Waals surface area (Å²) in [6.45, 7) is 2.49. The summed E-state index contributed by atoms with van der Waals surface area (Å²) >= 11 is 0. The van der Waals surface area contributed by atoms with Gasteiger partial charge in [-0.25, -0.2) is 0 Å². The predicted octanol–water partition coefficient (Wildman–Crippen LogP) is 4.74. The van der Waals surface area contributed by atoms with Crippen LogP contribution in [0, 0.1) is 11.3 Å². The van der Waals surface area contributed by atoms with E-state index in [4.69, 9.17) is 10.00 Å². The second-order valence-electron chi connectivity index (χ2n) is 7.03. The Hall–Kier alpha value is -3.23. The van der Waals surface area contributed by atoms with E-state index in [-0.39, 0.29) is 5.41 Å². The summed E-state index contributed by atoms with van der Waals surface area (Å²) in [5, 5.41) is 21.2. The van der Waals surface area contributed by atoms with E-state index in [0.29, 0.717) is 12.2 Å². The number of ether oxygens (including phenoxy) is 1. The van der Waals surface area contributed by atoms with Crippen LogP contribution in [0.3, 0.4) is 0 Å². The standard InChI is InChI=1S/C23H22N4O/c24-17-18-1-3-19(4-2-18)23(11-13-25-14-12-23)20-5-7-21(8-6-20)26-27-22-9-15-28-16-10-22/h1-10,15,25H,11-14,16H2. The fourth-order valence-electron chi connectivity index (χ4n) is 3.87. The number of nitrogens with zero attached hydrogens (tertiary/aromatic N) is 3. The van der Waals surface area contributed by atoms with Gasteiger partial charge in [0.25, 0.3) is 0 Å². The molecule has 5 nitrogen and oxygen atoms in total. The van der Waals surface area contributed by atoms with Gasteiger partial charge in [-0.05, 0) is 73.5 Å². The van der Waals surface area contributed by atoms with Crippen LogP contribution < -0.4 is 5.32 Å². The molecule has 140 valence electrons. The van der Waals surface area contributed by atoms with E-state index >= 15 is 0 Å². The van der Waals surface area contributed by atoms with Gasteiger partial charge in [-0.3, -0.25) is 0 Å². The molecule has 4 rings (SSSR count). The van der Waals surface area contributed by atoms with Crippen molar-refractivity contribution in [2.75, 3.05) is 19.7 Å². The van der Waals surface area contributed by atoms with Crippen LogP contribution in [0.1, 0.15) is 29.5 Å². The van der Waals surface area contributed by atoms with Crippen LogP contribution >= 0.6 is 0 Å². The molecule has 0 radical (unpaired) electrons. The summed E-state index contributed by atoms with van der Waals surface area (Å²) in [5.41, 5.74) is 4.83. The van der Waals surface area contributed by atoms with Crippen LogP contribution in [-0.4, -0.2) is 19.7 Å².